The minimum absolute atomic E-state index is 0.0702. The highest BCUT2D eigenvalue weighted by molar-refractivity contribution is 6.30. The van der Waals surface area contributed by atoms with Crippen LogP contribution in [-0.4, -0.2) is 57.7 Å². The second-order valence-electron chi connectivity index (χ2n) is 7.32. The van der Waals surface area contributed by atoms with Crippen LogP contribution in [0.1, 0.15) is 32.9 Å². The van der Waals surface area contributed by atoms with Gasteiger partial charge in [0.15, 0.2) is 6.10 Å². The second-order valence-corrected chi connectivity index (χ2v) is 7.76. The number of halogens is 1. The summed E-state index contributed by atoms with van der Waals surface area (Å²) in [5, 5.41) is 23.1. The van der Waals surface area contributed by atoms with E-state index in [1.807, 2.05) is 20.8 Å². The van der Waals surface area contributed by atoms with Crippen LogP contribution in [0, 0.1) is 11.8 Å². The van der Waals surface area contributed by atoms with E-state index >= 15 is 0 Å². The van der Waals surface area contributed by atoms with Gasteiger partial charge >= 0.3 is 5.97 Å². The van der Waals surface area contributed by atoms with Crippen LogP contribution in [0.2, 0.25) is 5.02 Å². The number of carbonyl (C=O) groups excluding carboxylic acids is 1. The molecular formula is C18H26ClN3O4. The number of nitrogens with one attached hydrogen (secondary N) is 1. The first-order valence-corrected chi connectivity index (χ1v) is 9.09. The predicted molar refractivity (Wildman–Crippen MR) is 97.8 cm³/mol. The van der Waals surface area contributed by atoms with E-state index < -0.39 is 23.5 Å². The van der Waals surface area contributed by atoms with Gasteiger partial charge in [-0.2, -0.15) is 0 Å². The lowest BCUT2D eigenvalue weighted by Gasteiger charge is -2.46. The summed E-state index contributed by atoms with van der Waals surface area (Å²) in [6.07, 6.45) is 0.0829. The van der Waals surface area contributed by atoms with Gasteiger partial charge in [-0.25, -0.2) is 4.79 Å². The largest absolute Gasteiger partial charge is 0.479 e. The van der Waals surface area contributed by atoms with Crippen molar-refractivity contribution in [3.63, 3.8) is 0 Å². The number of hydrogen-bond donors (Lipinski definition) is 3. The normalized spacial score (nSPS) is 22.9. The molecule has 1 aliphatic heterocycles. The first-order chi connectivity index (χ1) is 12.2. The summed E-state index contributed by atoms with van der Waals surface area (Å²) in [6.45, 7) is 7.14. The number of pyridine rings is 1. The molecule has 0 aromatic carbocycles. The summed E-state index contributed by atoms with van der Waals surface area (Å²) in [5.41, 5.74) is -0.0940. The molecule has 0 aliphatic carbocycles. The summed E-state index contributed by atoms with van der Waals surface area (Å²) >= 11 is 5.92. The summed E-state index contributed by atoms with van der Waals surface area (Å²) in [5.74, 6) is -2.68. The topological polar surface area (TPSA) is 103 Å². The lowest BCUT2D eigenvalue weighted by Crippen LogP contribution is -2.62. The quantitative estimate of drug-likeness (QED) is 0.687. The molecule has 0 bridgehead atoms. The smallest absolute Gasteiger partial charge is 0.333 e. The summed E-state index contributed by atoms with van der Waals surface area (Å²) in [6, 6.07) is 3.48. The Hall–Kier alpha value is -1.70. The molecule has 7 nitrogen and oxygen atoms in total. The van der Waals surface area contributed by atoms with Gasteiger partial charge < -0.3 is 20.4 Å². The van der Waals surface area contributed by atoms with E-state index in [1.54, 1.807) is 17.0 Å². The molecule has 3 N–H and O–H groups in total. The van der Waals surface area contributed by atoms with Crippen LogP contribution in [0.5, 0.6) is 0 Å². The van der Waals surface area contributed by atoms with Crippen LogP contribution < -0.4 is 5.32 Å². The molecule has 1 aromatic rings. The molecular weight excluding hydrogens is 358 g/mol. The van der Waals surface area contributed by atoms with Crippen molar-refractivity contribution < 1.29 is 19.8 Å². The monoisotopic (exact) mass is 383 g/mol. The van der Waals surface area contributed by atoms with E-state index in [0.29, 0.717) is 36.8 Å². The molecule has 26 heavy (non-hydrogen) atoms. The predicted octanol–water partition coefficient (Wildman–Crippen LogP) is 1.49. The molecule has 0 spiro atoms. The van der Waals surface area contributed by atoms with Crippen LogP contribution in [-0.2, 0) is 15.1 Å². The number of carbonyl (C=O) groups is 2. The number of aliphatic hydroxyl groups is 1. The molecule has 1 saturated heterocycles. The number of nitrogens with zero attached hydrogens (tertiary/aromatic N) is 2. The maximum atomic E-state index is 13.3. The molecule has 0 radical (unpaired) electrons. The molecule has 1 amide bonds. The number of amides is 1. The first kappa shape index (κ1) is 20.6. The van der Waals surface area contributed by atoms with Gasteiger partial charge in [0.05, 0.1) is 22.2 Å². The van der Waals surface area contributed by atoms with E-state index in [2.05, 4.69) is 10.3 Å². The molecule has 2 rings (SSSR count). The van der Waals surface area contributed by atoms with Gasteiger partial charge in [-0.1, -0.05) is 25.4 Å². The molecule has 8 heteroatoms. The second kappa shape index (κ2) is 8.33. The number of carboxylic acids is 1. The Morgan fingerprint density at radius 2 is 2.12 bits per heavy atom. The van der Waals surface area contributed by atoms with Crippen LogP contribution in [0.25, 0.3) is 0 Å². The van der Waals surface area contributed by atoms with Crippen molar-refractivity contribution in [2.75, 3.05) is 19.6 Å². The molecule has 0 unspecified atom stereocenters. The van der Waals surface area contributed by atoms with E-state index in [9.17, 15) is 19.8 Å². The Labute approximate surface area is 158 Å². The molecule has 3 atom stereocenters. The number of hydrogen-bond acceptors (Lipinski definition) is 5. The molecule has 0 saturated carbocycles. The van der Waals surface area contributed by atoms with Crippen LogP contribution in [0.15, 0.2) is 18.3 Å². The minimum atomic E-state index is -1.73. The summed E-state index contributed by atoms with van der Waals surface area (Å²) < 4.78 is 0. The Kier molecular flexibility index (Phi) is 6.60. The van der Waals surface area contributed by atoms with Gasteiger partial charge in [0, 0.05) is 25.8 Å². The Morgan fingerprint density at radius 1 is 1.42 bits per heavy atom. The Morgan fingerprint density at radius 3 is 2.65 bits per heavy atom. The number of aliphatic carboxylic acids is 1. The standard InChI is InChI=1S/C18H26ClN3O4/c1-11(2)8-13(15(23)17(25)26)16(24)22-7-6-20-10-18(22,3)14-5-4-12(19)9-21-14/h4-5,9,11,13,15,20,23H,6-8,10H2,1-3H3,(H,25,26)/t13-,15-,18+/m0/s1. The lowest BCUT2D eigenvalue weighted by molar-refractivity contribution is -0.160. The van der Waals surface area contributed by atoms with Crippen molar-refractivity contribution in [3.8, 4) is 0 Å². The fourth-order valence-electron chi connectivity index (χ4n) is 3.39. The maximum absolute atomic E-state index is 13.3. The zero-order chi connectivity index (χ0) is 19.5. The average Bonchev–Trinajstić information content (AvgIpc) is 2.59. The number of carboxylic acid groups (broad SMARTS) is 1. The Bertz CT molecular complexity index is 652. The van der Waals surface area contributed by atoms with Crippen LogP contribution >= 0.6 is 11.6 Å². The van der Waals surface area contributed by atoms with Crippen LogP contribution in [0.4, 0.5) is 0 Å². The number of aromatic nitrogens is 1. The van der Waals surface area contributed by atoms with Crippen molar-refractivity contribution in [2.45, 2.75) is 38.8 Å². The zero-order valence-corrected chi connectivity index (χ0v) is 16.0. The Balaban J connectivity index is 2.38. The average molecular weight is 384 g/mol. The molecule has 2 heterocycles. The zero-order valence-electron chi connectivity index (χ0n) is 15.3. The van der Waals surface area contributed by atoms with Gasteiger partial charge in [0.2, 0.25) is 5.91 Å². The van der Waals surface area contributed by atoms with E-state index in [1.165, 1.54) is 6.20 Å². The summed E-state index contributed by atoms with van der Waals surface area (Å²) in [4.78, 5) is 30.6. The summed E-state index contributed by atoms with van der Waals surface area (Å²) in [7, 11) is 0. The molecule has 1 aliphatic rings. The molecule has 144 valence electrons. The first-order valence-electron chi connectivity index (χ1n) is 8.72. The van der Waals surface area contributed by atoms with Gasteiger partial charge in [0.25, 0.3) is 0 Å². The van der Waals surface area contributed by atoms with Gasteiger partial charge in [-0.05, 0) is 31.4 Å². The number of aliphatic hydroxyl groups excluding tert-OH is 1. The van der Waals surface area contributed by atoms with Gasteiger partial charge in [-0.15, -0.1) is 0 Å². The van der Waals surface area contributed by atoms with E-state index in [-0.39, 0.29) is 11.8 Å². The van der Waals surface area contributed by atoms with Crippen LogP contribution in [0.3, 0.4) is 0 Å². The molecule has 1 fully saturated rings. The highest BCUT2D eigenvalue weighted by atomic mass is 35.5. The van der Waals surface area contributed by atoms with Crippen molar-refractivity contribution in [1.82, 2.24) is 15.2 Å². The maximum Gasteiger partial charge on any atom is 0.333 e. The van der Waals surface area contributed by atoms with E-state index in [0.717, 1.165) is 0 Å². The highest BCUT2D eigenvalue weighted by Gasteiger charge is 2.45. The van der Waals surface area contributed by atoms with Gasteiger partial charge in [0.1, 0.15) is 0 Å². The third-order valence-electron chi connectivity index (χ3n) is 4.80. The lowest BCUT2D eigenvalue weighted by atomic mass is 9.86. The number of piperazine rings is 1. The van der Waals surface area contributed by atoms with Crippen molar-refractivity contribution in [1.29, 1.82) is 0 Å². The third-order valence-corrected chi connectivity index (χ3v) is 5.02. The fraction of sp³-hybridized carbons (Fsp3) is 0.611. The number of rotatable bonds is 6. The SMILES string of the molecule is CC(C)C[C@H](C(=O)N1CCNC[C@]1(C)c1ccc(Cl)cn1)[C@H](O)C(=O)O. The fourth-order valence-corrected chi connectivity index (χ4v) is 3.50. The third kappa shape index (κ3) is 4.34. The molecule has 1 aromatic heterocycles. The van der Waals surface area contributed by atoms with Gasteiger partial charge in [-0.3, -0.25) is 9.78 Å². The van der Waals surface area contributed by atoms with Crippen molar-refractivity contribution >= 4 is 23.5 Å². The minimum Gasteiger partial charge on any atom is -0.479 e. The van der Waals surface area contributed by atoms with E-state index in [4.69, 9.17) is 11.6 Å². The van der Waals surface area contributed by atoms with Crippen molar-refractivity contribution in [3.05, 3.63) is 29.0 Å². The highest BCUT2D eigenvalue weighted by Crippen LogP contribution is 2.32. The van der Waals surface area contributed by atoms with Crippen molar-refractivity contribution in [2.24, 2.45) is 11.8 Å².